The molecular weight excluding hydrogens is 188 g/mol. The smallest absolute Gasteiger partial charge is 0.220 e. The van der Waals surface area contributed by atoms with Crippen LogP contribution in [0.25, 0.3) is 0 Å². The maximum atomic E-state index is 7.49. The van der Waals surface area contributed by atoms with Gasteiger partial charge in [0.25, 0.3) is 0 Å². The van der Waals surface area contributed by atoms with Gasteiger partial charge in [0, 0.05) is 12.5 Å². The van der Waals surface area contributed by atoms with E-state index in [1.807, 2.05) is 39.0 Å². The molecule has 1 aromatic carbocycles. The van der Waals surface area contributed by atoms with Crippen molar-refractivity contribution in [1.29, 1.82) is 10.8 Å². The minimum atomic E-state index is 0.0243. The van der Waals surface area contributed by atoms with Crippen LogP contribution in [0.15, 0.2) is 24.3 Å². The summed E-state index contributed by atoms with van der Waals surface area (Å²) in [6, 6.07) is 7.46. The molecule has 0 fully saturated rings. The number of rotatable bonds is 1. The van der Waals surface area contributed by atoms with Gasteiger partial charge in [0.05, 0.1) is 0 Å². The fourth-order valence-corrected chi connectivity index (χ4v) is 0.998. The molecule has 2 N–H and O–H groups in total. The van der Waals surface area contributed by atoms with Crippen molar-refractivity contribution in [2.24, 2.45) is 0 Å². The predicted molar refractivity (Wildman–Crippen MR) is 63.8 cm³/mol. The summed E-state index contributed by atoms with van der Waals surface area (Å²) >= 11 is 0. The molecule has 0 spiro atoms. The lowest BCUT2D eigenvalue weighted by molar-refractivity contribution is 0.532. The molecule has 0 unspecified atom stereocenters. The van der Waals surface area contributed by atoms with Crippen molar-refractivity contribution in [2.75, 3.05) is 0 Å². The van der Waals surface area contributed by atoms with E-state index in [2.05, 4.69) is 0 Å². The van der Waals surface area contributed by atoms with Crippen LogP contribution in [0.1, 0.15) is 31.9 Å². The van der Waals surface area contributed by atoms with Gasteiger partial charge in [-0.25, -0.2) is 0 Å². The highest BCUT2D eigenvalue weighted by atomic mass is 16.5. The van der Waals surface area contributed by atoms with Crippen LogP contribution in [0.2, 0.25) is 0 Å². The zero-order valence-electron chi connectivity index (χ0n) is 9.72. The molecule has 1 rings (SSSR count). The van der Waals surface area contributed by atoms with Crippen LogP contribution in [0, 0.1) is 17.7 Å². The molecule has 0 saturated heterocycles. The van der Waals surface area contributed by atoms with Crippen molar-refractivity contribution in [3.8, 4) is 0 Å². The minimum Gasteiger partial charge on any atom is -0.426 e. The molecule has 0 heterocycles. The molecule has 3 heteroatoms. The van der Waals surface area contributed by atoms with E-state index in [4.69, 9.17) is 15.6 Å². The molecule has 0 amide bonds. The predicted octanol–water partition coefficient (Wildman–Crippen LogP) is 3.36. The van der Waals surface area contributed by atoms with E-state index in [1.54, 1.807) is 6.07 Å². The first kappa shape index (κ1) is 13.4. The fourth-order valence-electron chi connectivity index (χ4n) is 0.998. The second kappa shape index (κ2) is 6.76. The molecule has 3 nitrogen and oxygen atoms in total. The van der Waals surface area contributed by atoms with Crippen LogP contribution >= 0.6 is 0 Å². The Morgan fingerprint density at radius 1 is 1.20 bits per heavy atom. The maximum absolute atomic E-state index is 7.49. The molecule has 0 bridgehead atoms. The zero-order chi connectivity index (χ0) is 11.8. The quantitative estimate of drug-likeness (QED) is 0.537. The summed E-state index contributed by atoms with van der Waals surface area (Å²) in [7, 11) is 0. The van der Waals surface area contributed by atoms with Gasteiger partial charge in [-0.3, -0.25) is 10.8 Å². The highest BCUT2D eigenvalue weighted by molar-refractivity contribution is 5.98. The lowest BCUT2D eigenvalue weighted by Gasteiger charge is -2.04. The summed E-state index contributed by atoms with van der Waals surface area (Å²) in [5, 5.41) is 14.6. The molecule has 0 atom stereocenters. The first-order valence-corrected chi connectivity index (χ1v) is 4.98. The van der Waals surface area contributed by atoms with Crippen molar-refractivity contribution in [3.05, 3.63) is 35.4 Å². The van der Waals surface area contributed by atoms with Crippen molar-refractivity contribution in [3.63, 3.8) is 0 Å². The van der Waals surface area contributed by atoms with Crippen LogP contribution < -0.4 is 0 Å². The van der Waals surface area contributed by atoms with Gasteiger partial charge in [-0.2, -0.15) is 0 Å². The summed E-state index contributed by atoms with van der Waals surface area (Å²) in [6.07, 6.45) is 0. The first-order chi connectivity index (χ1) is 7.09. The van der Waals surface area contributed by atoms with Gasteiger partial charge in [-0.15, -0.1) is 0 Å². The summed E-state index contributed by atoms with van der Waals surface area (Å²) < 4.78 is 4.86. The van der Waals surface area contributed by atoms with E-state index < -0.39 is 0 Å². The van der Waals surface area contributed by atoms with Crippen LogP contribution in [0.4, 0.5) is 0 Å². The van der Waals surface area contributed by atoms with E-state index in [0.29, 0.717) is 5.56 Å². The summed E-state index contributed by atoms with van der Waals surface area (Å²) in [4.78, 5) is 0. The van der Waals surface area contributed by atoms with Gasteiger partial charge in [-0.05, 0) is 19.1 Å². The highest BCUT2D eigenvalue weighted by Gasteiger charge is 2.02. The Hall–Kier alpha value is -1.64. The van der Waals surface area contributed by atoms with Gasteiger partial charge in [0.2, 0.25) is 5.90 Å². The molecule has 0 aliphatic heterocycles. The van der Waals surface area contributed by atoms with Crippen molar-refractivity contribution in [2.45, 2.75) is 27.7 Å². The van der Waals surface area contributed by atoms with Crippen LogP contribution in [0.5, 0.6) is 0 Å². The summed E-state index contributed by atoms with van der Waals surface area (Å²) in [6.45, 7) is 7.46. The van der Waals surface area contributed by atoms with E-state index in [-0.39, 0.29) is 11.8 Å². The molecule has 0 aromatic heterocycles. The lowest BCUT2D eigenvalue weighted by atomic mass is 10.1. The van der Waals surface area contributed by atoms with Gasteiger partial charge < -0.3 is 4.74 Å². The number of hydrogen-bond donors (Lipinski definition) is 2. The Balaban J connectivity index is 0.000000921. The largest absolute Gasteiger partial charge is 0.426 e. The molecule has 0 aliphatic carbocycles. The summed E-state index contributed by atoms with van der Waals surface area (Å²) in [5.74, 6) is 0.0581. The highest BCUT2D eigenvalue weighted by Crippen LogP contribution is 2.05. The van der Waals surface area contributed by atoms with Gasteiger partial charge >= 0.3 is 0 Å². The SMILES string of the molecule is CC.CC(=N)OC(=N)c1cccc(C)c1. The monoisotopic (exact) mass is 206 g/mol. The van der Waals surface area contributed by atoms with Crippen LogP contribution in [-0.4, -0.2) is 11.8 Å². The number of nitrogens with one attached hydrogen (secondary N) is 2. The van der Waals surface area contributed by atoms with E-state index in [1.165, 1.54) is 6.92 Å². The van der Waals surface area contributed by atoms with E-state index in [9.17, 15) is 0 Å². The Bertz CT molecular complexity index is 345. The third-order valence-electron chi connectivity index (χ3n) is 1.54. The second-order valence-electron chi connectivity index (χ2n) is 2.86. The van der Waals surface area contributed by atoms with E-state index in [0.717, 1.165) is 5.56 Å². The molecule has 15 heavy (non-hydrogen) atoms. The molecule has 0 aliphatic rings. The van der Waals surface area contributed by atoms with Gasteiger partial charge in [0.1, 0.15) is 0 Å². The number of aryl methyl sites for hydroxylation is 1. The normalized spacial score (nSPS) is 8.53. The average Bonchev–Trinajstić information content (AvgIpc) is 2.20. The van der Waals surface area contributed by atoms with Gasteiger partial charge in [0.15, 0.2) is 5.90 Å². The number of benzene rings is 1. The molecule has 0 radical (unpaired) electrons. The van der Waals surface area contributed by atoms with Crippen molar-refractivity contribution in [1.82, 2.24) is 0 Å². The van der Waals surface area contributed by atoms with E-state index >= 15 is 0 Å². The lowest BCUT2D eigenvalue weighted by Crippen LogP contribution is -2.08. The Labute approximate surface area is 91.1 Å². The third-order valence-corrected chi connectivity index (χ3v) is 1.54. The average molecular weight is 206 g/mol. The maximum Gasteiger partial charge on any atom is 0.220 e. The van der Waals surface area contributed by atoms with Crippen molar-refractivity contribution < 1.29 is 4.74 Å². The molecule has 0 saturated carbocycles. The molecule has 82 valence electrons. The minimum absolute atomic E-state index is 0.0243. The standard InChI is InChI=1S/C10H12N2O.C2H6/c1-7-4-3-5-9(6-7)10(12)13-8(2)11;1-2/h3-6,11-12H,1-2H3;1-2H3. The Morgan fingerprint density at radius 3 is 2.27 bits per heavy atom. The Morgan fingerprint density at radius 2 is 1.80 bits per heavy atom. The molecular formula is C12H18N2O. The third kappa shape index (κ3) is 4.96. The first-order valence-electron chi connectivity index (χ1n) is 4.98. The van der Waals surface area contributed by atoms with Gasteiger partial charge in [-0.1, -0.05) is 31.5 Å². The Kier molecular flexibility index (Phi) is 6.02. The second-order valence-corrected chi connectivity index (χ2v) is 2.86. The van der Waals surface area contributed by atoms with Crippen molar-refractivity contribution >= 4 is 11.8 Å². The molecule has 1 aromatic rings. The topological polar surface area (TPSA) is 56.9 Å². The summed E-state index contributed by atoms with van der Waals surface area (Å²) in [5.41, 5.74) is 1.78. The number of ether oxygens (including phenoxy) is 1. The zero-order valence-corrected chi connectivity index (χ0v) is 9.72. The fraction of sp³-hybridized carbons (Fsp3) is 0.333. The van der Waals surface area contributed by atoms with Crippen LogP contribution in [0.3, 0.4) is 0 Å². The van der Waals surface area contributed by atoms with Crippen LogP contribution in [-0.2, 0) is 4.74 Å². The number of hydrogen-bond acceptors (Lipinski definition) is 3.